The number of alkyl halides is 3. The van der Waals surface area contributed by atoms with Gasteiger partial charge in [0.25, 0.3) is 0 Å². The zero-order valence-electron chi connectivity index (χ0n) is 11.4. The van der Waals surface area contributed by atoms with Gasteiger partial charge in [0.2, 0.25) is 10.0 Å². The predicted molar refractivity (Wildman–Crippen MR) is 68.5 cm³/mol. The number of hydrogen-bond donors (Lipinski definition) is 1. The van der Waals surface area contributed by atoms with Gasteiger partial charge in [-0.25, -0.2) is 17.1 Å². The fraction of sp³-hybridized carbons (Fsp3) is 0.500. The summed E-state index contributed by atoms with van der Waals surface area (Å²) in [4.78, 5) is 0. The van der Waals surface area contributed by atoms with E-state index in [1.54, 1.807) is 6.92 Å². The van der Waals surface area contributed by atoms with Crippen LogP contribution >= 0.6 is 0 Å². The number of likely N-dealkylation sites (N-methyl/N-ethyl adjacent to an activating group) is 1. The molecule has 0 aliphatic rings. The van der Waals surface area contributed by atoms with E-state index in [0.717, 1.165) is 13.1 Å². The molecule has 0 fully saturated rings. The van der Waals surface area contributed by atoms with Crippen molar-refractivity contribution in [3.63, 3.8) is 0 Å². The molecule has 9 heteroatoms. The molecule has 0 saturated carbocycles. The smallest absolute Gasteiger partial charge is 0.382 e. The molecule has 0 heterocycles. The van der Waals surface area contributed by atoms with Crippen LogP contribution < -0.4 is 0 Å². The molecule has 0 aliphatic heterocycles. The Morgan fingerprint density at radius 3 is 2.38 bits per heavy atom. The second-order valence-electron chi connectivity index (χ2n) is 4.69. The van der Waals surface area contributed by atoms with E-state index in [4.69, 9.17) is 5.11 Å². The van der Waals surface area contributed by atoms with Crippen LogP contribution in [0.15, 0.2) is 18.2 Å². The molecule has 120 valence electrons. The van der Waals surface area contributed by atoms with Gasteiger partial charge in [0.1, 0.15) is 5.82 Å². The monoisotopic (exact) mass is 329 g/mol. The summed E-state index contributed by atoms with van der Waals surface area (Å²) in [5, 5.41) is 8.87. The standard InChI is InChI=1S/C12H15F4NO3S/c1-8-3-4-9(10(13)5-8)7-21(19,20)17(2)6-11(18)12(14,15)16/h3-5,11,18H,6-7H2,1-2H3. The first-order valence-electron chi connectivity index (χ1n) is 5.87. The van der Waals surface area contributed by atoms with Gasteiger partial charge in [0, 0.05) is 19.2 Å². The molecule has 0 saturated heterocycles. The van der Waals surface area contributed by atoms with Crippen LogP contribution in [0.3, 0.4) is 0 Å². The average Bonchev–Trinajstić information content (AvgIpc) is 2.31. The van der Waals surface area contributed by atoms with Crippen LogP contribution in [-0.2, 0) is 15.8 Å². The lowest BCUT2D eigenvalue weighted by atomic mass is 10.2. The third-order valence-electron chi connectivity index (χ3n) is 2.83. The Morgan fingerprint density at radius 1 is 1.33 bits per heavy atom. The molecule has 21 heavy (non-hydrogen) atoms. The van der Waals surface area contributed by atoms with Gasteiger partial charge in [-0.3, -0.25) is 0 Å². The fourth-order valence-electron chi connectivity index (χ4n) is 1.54. The number of aliphatic hydroxyl groups is 1. The third kappa shape index (κ3) is 4.94. The van der Waals surface area contributed by atoms with E-state index in [-0.39, 0.29) is 5.56 Å². The second kappa shape index (κ2) is 6.29. The molecule has 4 nitrogen and oxygen atoms in total. The number of benzene rings is 1. The van der Waals surface area contributed by atoms with Crippen molar-refractivity contribution in [2.24, 2.45) is 0 Å². The van der Waals surface area contributed by atoms with Crippen molar-refractivity contribution in [2.45, 2.75) is 25.0 Å². The number of hydrogen-bond acceptors (Lipinski definition) is 3. The minimum atomic E-state index is -4.92. The third-order valence-corrected chi connectivity index (χ3v) is 4.60. The molecule has 1 aromatic carbocycles. The zero-order chi connectivity index (χ0) is 16.4. The topological polar surface area (TPSA) is 57.6 Å². The minimum Gasteiger partial charge on any atom is -0.382 e. The van der Waals surface area contributed by atoms with Crippen LogP contribution in [-0.4, -0.2) is 43.7 Å². The van der Waals surface area contributed by atoms with Gasteiger partial charge < -0.3 is 5.11 Å². The van der Waals surface area contributed by atoms with Gasteiger partial charge in [-0.15, -0.1) is 0 Å². The Morgan fingerprint density at radius 2 is 1.90 bits per heavy atom. The fourth-order valence-corrected chi connectivity index (χ4v) is 2.75. The van der Waals surface area contributed by atoms with Crippen molar-refractivity contribution in [3.05, 3.63) is 35.1 Å². The van der Waals surface area contributed by atoms with Gasteiger partial charge in [0.05, 0.1) is 5.75 Å². The highest BCUT2D eigenvalue weighted by Gasteiger charge is 2.40. The van der Waals surface area contributed by atoms with Crippen molar-refractivity contribution >= 4 is 10.0 Å². The maximum atomic E-state index is 13.6. The highest BCUT2D eigenvalue weighted by atomic mass is 32.2. The Hall–Kier alpha value is -1.19. The Bertz CT molecular complexity index is 601. The molecule has 0 radical (unpaired) electrons. The van der Waals surface area contributed by atoms with E-state index < -0.39 is 40.4 Å². The van der Waals surface area contributed by atoms with E-state index in [1.165, 1.54) is 12.1 Å². The summed E-state index contributed by atoms with van der Waals surface area (Å²) >= 11 is 0. The van der Waals surface area contributed by atoms with E-state index in [2.05, 4.69) is 0 Å². The number of nitrogens with zero attached hydrogens (tertiary/aromatic N) is 1. The summed E-state index contributed by atoms with van der Waals surface area (Å²) in [5.41, 5.74) is 0.448. The van der Waals surface area contributed by atoms with Crippen LogP contribution in [0.4, 0.5) is 17.6 Å². The van der Waals surface area contributed by atoms with E-state index >= 15 is 0 Å². The Kier molecular flexibility index (Phi) is 5.35. The summed E-state index contributed by atoms with van der Waals surface area (Å²) < 4.78 is 74.3. The van der Waals surface area contributed by atoms with Crippen LogP contribution in [0, 0.1) is 12.7 Å². The molecular formula is C12H15F4NO3S. The maximum absolute atomic E-state index is 13.6. The lowest BCUT2D eigenvalue weighted by Gasteiger charge is -2.22. The SMILES string of the molecule is Cc1ccc(CS(=O)(=O)N(C)CC(O)C(F)(F)F)c(F)c1. The normalized spacial score (nSPS) is 14.5. The number of sulfonamides is 1. The summed E-state index contributed by atoms with van der Waals surface area (Å²) in [5.74, 6) is -1.52. The largest absolute Gasteiger partial charge is 0.415 e. The molecule has 1 aromatic rings. The molecule has 1 unspecified atom stereocenters. The summed E-state index contributed by atoms with van der Waals surface area (Å²) in [7, 11) is -3.27. The number of halogens is 4. The second-order valence-corrected chi connectivity index (χ2v) is 6.76. The van der Waals surface area contributed by atoms with Crippen LogP contribution in [0.25, 0.3) is 0 Å². The zero-order valence-corrected chi connectivity index (χ0v) is 12.2. The molecule has 0 bridgehead atoms. The number of aliphatic hydroxyl groups excluding tert-OH is 1. The lowest BCUT2D eigenvalue weighted by molar-refractivity contribution is -0.204. The first-order chi connectivity index (χ1) is 9.43. The quantitative estimate of drug-likeness (QED) is 0.839. The van der Waals surface area contributed by atoms with Gasteiger partial charge >= 0.3 is 6.18 Å². The van der Waals surface area contributed by atoms with Crippen LogP contribution in [0.2, 0.25) is 0 Å². The highest BCUT2D eigenvalue weighted by Crippen LogP contribution is 2.22. The summed E-state index contributed by atoms with van der Waals surface area (Å²) in [6.07, 6.45) is -7.71. The molecule has 1 N–H and O–H groups in total. The van der Waals surface area contributed by atoms with Crippen molar-refractivity contribution in [3.8, 4) is 0 Å². The highest BCUT2D eigenvalue weighted by molar-refractivity contribution is 7.88. The lowest BCUT2D eigenvalue weighted by Crippen LogP contribution is -2.42. The molecule has 1 atom stereocenters. The van der Waals surface area contributed by atoms with Gasteiger partial charge in [-0.2, -0.15) is 13.2 Å². The van der Waals surface area contributed by atoms with Gasteiger partial charge in [0.15, 0.2) is 6.10 Å². The average molecular weight is 329 g/mol. The van der Waals surface area contributed by atoms with E-state index in [0.29, 0.717) is 9.87 Å². The molecule has 0 aromatic heterocycles. The van der Waals surface area contributed by atoms with E-state index in [9.17, 15) is 26.0 Å². The predicted octanol–water partition coefficient (Wildman–Crippen LogP) is 1.82. The molecule has 1 rings (SSSR count). The van der Waals surface area contributed by atoms with Crippen molar-refractivity contribution in [1.29, 1.82) is 0 Å². The molecule has 0 aliphatic carbocycles. The van der Waals surface area contributed by atoms with Crippen molar-refractivity contribution in [2.75, 3.05) is 13.6 Å². The molecule has 0 amide bonds. The van der Waals surface area contributed by atoms with Gasteiger partial charge in [-0.1, -0.05) is 12.1 Å². The van der Waals surface area contributed by atoms with Crippen molar-refractivity contribution in [1.82, 2.24) is 4.31 Å². The number of aryl methyl sites for hydroxylation is 1. The summed E-state index contributed by atoms with van der Waals surface area (Å²) in [6, 6.07) is 3.89. The number of rotatable bonds is 5. The maximum Gasteiger partial charge on any atom is 0.415 e. The Balaban J connectivity index is 2.86. The summed E-state index contributed by atoms with van der Waals surface area (Å²) in [6.45, 7) is 0.479. The van der Waals surface area contributed by atoms with Crippen molar-refractivity contribution < 1.29 is 31.1 Å². The van der Waals surface area contributed by atoms with Gasteiger partial charge in [-0.05, 0) is 18.6 Å². The first-order valence-corrected chi connectivity index (χ1v) is 7.48. The van der Waals surface area contributed by atoms with E-state index in [1.807, 2.05) is 0 Å². The molecule has 0 spiro atoms. The van der Waals surface area contributed by atoms with Crippen LogP contribution in [0.1, 0.15) is 11.1 Å². The minimum absolute atomic E-state index is 0.144. The molecular weight excluding hydrogens is 314 g/mol. The Labute approximate surface area is 120 Å². The first kappa shape index (κ1) is 17.9. The van der Waals surface area contributed by atoms with Crippen LogP contribution in [0.5, 0.6) is 0 Å².